The van der Waals surface area contributed by atoms with Gasteiger partial charge in [-0.3, -0.25) is 0 Å². The van der Waals surface area contributed by atoms with Crippen molar-refractivity contribution in [3.05, 3.63) is 107 Å². The fourth-order valence-electron chi connectivity index (χ4n) is 3.96. The van der Waals surface area contributed by atoms with Gasteiger partial charge in [-0.2, -0.15) is 10.2 Å². The number of aryl methyl sites for hydroxylation is 2. The molecule has 0 unspecified atom stereocenters. The zero-order chi connectivity index (χ0) is 24.0. The summed E-state index contributed by atoms with van der Waals surface area (Å²) in [4.78, 5) is 0. The average Bonchev–Trinajstić information content (AvgIpc) is 2.86. The quantitative estimate of drug-likeness (QED) is 0.107. The number of nitrogens with zero attached hydrogens (tertiary/aromatic N) is 2. The van der Waals surface area contributed by atoms with E-state index in [1.165, 1.54) is 36.5 Å². The summed E-state index contributed by atoms with van der Waals surface area (Å²) in [6, 6.07) is 21.6. The Morgan fingerprint density at radius 1 is 0.824 bits per heavy atom. The Morgan fingerprint density at radius 3 is 2.35 bits per heavy atom. The van der Waals surface area contributed by atoms with Crippen molar-refractivity contribution in [3.8, 4) is 11.1 Å². The first-order valence-electron chi connectivity index (χ1n) is 12.4. The number of hydrogen-bond acceptors (Lipinski definition) is 2. The highest BCUT2D eigenvalue weighted by Crippen LogP contribution is 2.24. The van der Waals surface area contributed by atoms with Crippen molar-refractivity contribution in [2.45, 2.75) is 58.3 Å². The predicted molar refractivity (Wildman–Crippen MR) is 144 cm³/mol. The molecule has 0 aliphatic heterocycles. The molecule has 3 aromatic carbocycles. The standard InChI is InChI=1S/C31H35FN2/c1-3-5-7-9-13-27-14-10-11-15-29(27)24-34-33-23-26-18-21-30(31(32)22-26)28-19-16-25(17-20-28)12-8-6-4-2/h3,10-11,14-24H,1,4-9,12-13H2,2H3. The predicted octanol–water partition coefficient (Wildman–Crippen LogP) is 8.58. The topological polar surface area (TPSA) is 24.7 Å². The molecule has 0 atom stereocenters. The summed E-state index contributed by atoms with van der Waals surface area (Å²) >= 11 is 0. The molecule has 0 N–H and O–H groups in total. The molecule has 0 spiro atoms. The van der Waals surface area contributed by atoms with Crippen molar-refractivity contribution >= 4 is 12.4 Å². The maximum Gasteiger partial charge on any atom is 0.131 e. The van der Waals surface area contributed by atoms with Crippen LogP contribution < -0.4 is 0 Å². The van der Waals surface area contributed by atoms with E-state index in [-0.39, 0.29) is 5.82 Å². The van der Waals surface area contributed by atoms with Gasteiger partial charge in [-0.25, -0.2) is 4.39 Å². The molecule has 34 heavy (non-hydrogen) atoms. The van der Waals surface area contributed by atoms with E-state index in [4.69, 9.17) is 0 Å². The van der Waals surface area contributed by atoms with Crippen molar-refractivity contribution in [3.63, 3.8) is 0 Å². The number of allylic oxidation sites excluding steroid dienone is 1. The summed E-state index contributed by atoms with van der Waals surface area (Å²) in [5.74, 6) is -0.253. The third kappa shape index (κ3) is 7.91. The fraction of sp³-hybridized carbons (Fsp3) is 0.290. The van der Waals surface area contributed by atoms with Gasteiger partial charge in [-0.05, 0) is 72.4 Å². The van der Waals surface area contributed by atoms with Gasteiger partial charge in [0, 0.05) is 5.56 Å². The maximum absolute atomic E-state index is 14.8. The van der Waals surface area contributed by atoms with Crippen LogP contribution in [-0.2, 0) is 12.8 Å². The second-order valence-electron chi connectivity index (χ2n) is 8.62. The minimum Gasteiger partial charge on any atom is -0.206 e. The summed E-state index contributed by atoms with van der Waals surface area (Å²) < 4.78 is 14.8. The largest absolute Gasteiger partial charge is 0.206 e. The molecule has 0 saturated heterocycles. The molecule has 0 heterocycles. The van der Waals surface area contributed by atoms with Gasteiger partial charge in [0.05, 0.1) is 12.4 Å². The Kier molecular flexibility index (Phi) is 10.4. The zero-order valence-corrected chi connectivity index (χ0v) is 20.2. The lowest BCUT2D eigenvalue weighted by Crippen LogP contribution is -1.93. The van der Waals surface area contributed by atoms with Gasteiger partial charge in [-0.1, -0.05) is 86.5 Å². The van der Waals surface area contributed by atoms with Crippen LogP contribution in [0.3, 0.4) is 0 Å². The monoisotopic (exact) mass is 454 g/mol. The van der Waals surface area contributed by atoms with E-state index < -0.39 is 0 Å². The van der Waals surface area contributed by atoms with Crippen LogP contribution in [0.1, 0.15) is 67.7 Å². The molecule has 0 saturated carbocycles. The summed E-state index contributed by atoms with van der Waals surface area (Å²) in [5.41, 5.74) is 5.81. The van der Waals surface area contributed by atoms with Crippen molar-refractivity contribution in [1.82, 2.24) is 0 Å². The molecule has 0 aromatic heterocycles. The van der Waals surface area contributed by atoms with Crippen molar-refractivity contribution in [1.29, 1.82) is 0 Å². The molecule has 176 valence electrons. The molecular weight excluding hydrogens is 419 g/mol. The lowest BCUT2D eigenvalue weighted by Gasteiger charge is -2.06. The van der Waals surface area contributed by atoms with E-state index in [2.05, 4.69) is 41.9 Å². The Hall–Kier alpha value is -3.33. The minimum absolute atomic E-state index is 0.253. The van der Waals surface area contributed by atoms with Crippen LogP contribution in [0, 0.1) is 5.82 Å². The van der Waals surface area contributed by atoms with E-state index >= 15 is 0 Å². The molecule has 0 bridgehead atoms. The first kappa shape index (κ1) is 25.3. The molecule has 0 radical (unpaired) electrons. The van der Waals surface area contributed by atoms with E-state index in [1.807, 2.05) is 48.5 Å². The first-order chi connectivity index (χ1) is 16.7. The second kappa shape index (κ2) is 14.0. The van der Waals surface area contributed by atoms with Crippen molar-refractivity contribution in [2.24, 2.45) is 10.2 Å². The van der Waals surface area contributed by atoms with Gasteiger partial charge in [0.25, 0.3) is 0 Å². The zero-order valence-electron chi connectivity index (χ0n) is 20.2. The number of rotatable bonds is 13. The highest BCUT2D eigenvalue weighted by molar-refractivity contribution is 5.84. The summed E-state index contributed by atoms with van der Waals surface area (Å²) in [5, 5.41) is 8.34. The molecule has 3 aromatic rings. The fourth-order valence-corrected chi connectivity index (χ4v) is 3.96. The summed E-state index contributed by atoms with van der Waals surface area (Å²) in [6.45, 7) is 5.99. The Labute approximate surface area is 204 Å². The third-order valence-electron chi connectivity index (χ3n) is 5.96. The average molecular weight is 455 g/mol. The van der Waals surface area contributed by atoms with Crippen LogP contribution in [-0.4, -0.2) is 12.4 Å². The normalized spacial score (nSPS) is 11.5. The van der Waals surface area contributed by atoms with Crippen LogP contribution in [0.5, 0.6) is 0 Å². The molecular formula is C31H35FN2. The van der Waals surface area contributed by atoms with Gasteiger partial charge >= 0.3 is 0 Å². The van der Waals surface area contributed by atoms with Gasteiger partial charge in [0.2, 0.25) is 0 Å². The van der Waals surface area contributed by atoms with Crippen LogP contribution in [0.15, 0.2) is 89.6 Å². The van der Waals surface area contributed by atoms with Crippen LogP contribution in [0.25, 0.3) is 11.1 Å². The van der Waals surface area contributed by atoms with E-state index in [9.17, 15) is 4.39 Å². The van der Waals surface area contributed by atoms with Gasteiger partial charge in [-0.15, -0.1) is 6.58 Å². The van der Waals surface area contributed by atoms with Crippen molar-refractivity contribution in [2.75, 3.05) is 0 Å². The van der Waals surface area contributed by atoms with Gasteiger partial charge in [0.15, 0.2) is 0 Å². The lowest BCUT2D eigenvalue weighted by molar-refractivity contribution is 0.631. The number of benzene rings is 3. The maximum atomic E-state index is 14.8. The number of unbranched alkanes of at least 4 members (excludes halogenated alkanes) is 4. The van der Waals surface area contributed by atoms with Gasteiger partial charge in [0.1, 0.15) is 5.82 Å². The summed E-state index contributed by atoms with van der Waals surface area (Å²) in [7, 11) is 0. The second-order valence-corrected chi connectivity index (χ2v) is 8.62. The molecule has 3 heteroatoms. The molecule has 0 aliphatic carbocycles. The van der Waals surface area contributed by atoms with E-state index in [1.54, 1.807) is 12.4 Å². The Bertz CT molecular complexity index is 1100. The van der Waals surface area contributed by atoms with Gasteiger partial charge < -0.3 is 0 Å². The summed E-state index contributed by atoms with van der Waals surface area (Å²) in [6.07, 6.45) is 14.4. The molecule has 3 rings (SSSR count). The van der Waals surface area contributed by atoms with E-state index in [0.717, 1.165) is 43.2 Å². The highest BCUT2D eigenvalue weighted by atomic mass is 19.1. The smallest absolute Gasteiger partial charge is 0.131 e. The van der Waals surface area contributed by atoms with E-state index in [0.29, 0.717) is 11.1 Å². The molecule has 0 aliphatic rings. The number of halogens is 1. The van der Waals surface area contributed by atoms with Crippen molar-refractivity contribution < 1.29 is 4.39 Å². The molecule has 0 fully saturated rings. The number of hydrogen-bond donors (Lipinski definition) is 0. The lowest BCUT2D eigenvalue weighted by atomic mass is 10.00. The first-order valence-corrected chi connectivity index (χ1v) is 12.4. The molecule has 0 amide bonds. The Balaban J connectivity index is 1.61. The van der Waals surface area contributed by atoms with Crippen LogP contribution in [0.4, 0.5) is 4.39 Å². The minimum atomic E-state index is -0.253. The molecule has 2 nitrogen and oxygen atoms in total. The SMILES string of the molecule is C=CCCCCc1ccccc1C=NN=Cc1ccc(-c2ccc(CCCCC)cc2)c(F)c1. The Morgan fingerprint density at radius 2 is 1.59 bits per heavy atom. The van der Waals surface area contributed by atoms with Crippen LogP contribution in [0.2, 0.25) is 0 Å². The third-order valence-corrected chi connectivity index (χ3v) is 5.96. The van der Waals surface area contributed by atoms with Crippen LogP contribution >= 0.6 is 0 Å². The highest BCUT2D eigenvalue weighted by Gasteiger charge is 2.06.